The minimum atomic E-state index is -4.12. The fourth-order valence-corrected chi connectivity index (χ4v) is 1.31. The summed E-state index contributed by atoms with van der Waals surface area (Å²) in [5.41, 5.74) is 0. The van der Waals surface area contributed by atoms with E-state index in [0.29, 0.717) is 0 Å². The highest BCUT2D eigenvalue weighted by molar-refractivity contribution is 7.85. The zero-order valence-corrected chi connectivity index (χ0v) is 9.44. The fraction of sp³-hybridized carbons (Fsp3) is 0.714. The Labute approximate surface area is 96.8 Å². The van der Waals surface area contributed by atoms with Crippen LogP contribution >= 0.6 is 0 Å². The van der Waals surface area contributed by atoms with Crippen LogP contribution in [0.5, 0.6) is 0 Å². The fourth-order valence-electron chi connectivity index (χ4n) is 0.949. The molecule has 1 aliphatic heterocycles. The number of hydrogen-bond donors (Lipinski definition) is 2. The van der Waals surface area contributed by atoms with Gasteiger partial charge in [0, 0.05) is 6.54 Å². The van der Waals surface area contributed by atoms with Crippen LogP contribution in [-0.4, -0.2) is 56.8 Å². The second-order valence-corrected chi connectivity index (χ2v) is 4.68. The van der Waals surface area contributed by atoms with Gasteiger partial charge in [-0.05, 0) is 0 Å². The summed E-state index contributed by atoms with van der Waals surface area (Å²) in [4.78, 5) is 21.5. The lowest BCUT2D eigenvalue weighted by atomic mass is 10.4. The van der Waals surface area contributed by atoms with Crippen LogP contribution < -0.4 is 5.32 Å². The summed E-state index contributed by atoms with van der Waals surface area (Å²) >= 11 is 0. The van der Waals surface area contributed by atoms with Gasteiger partial charge in [0.15, 0.2) is 6.10 Å². The average molecular weight is 269 g/mol. The van der Waals surface area contributed by atoms with Crippen LogP contribution in [0.4, 0.5) is 9.59 Å². The van der Waals surface area contributed by atoms with E-state index in [-0.39, 0.29) is 19.8 Å². The molecule has 0 saturated carbocycles. The van der Waals surface area contributed by atoms with Gasteiger partial charge in [0.2, 0.25) is 0 Å². The molecule has 9 nitrogen and oxygen atoms in total. The molecule has 0 bridgehead atoms. The molecule has 17 heavy (non-hydrogen) atoms. The van der Waals surface area contributed by atoms with Gasteiger partial charge < -0.3 is 19.5 Å². The number of ether oxygens (including phenoxy) is 3. The van der Waals surface area contributed by atoms with E-state index in [4.69, 9.17) is 4.55 Å². The monoisotopic (exact) mass is 269 g/mol. The van der Waals surface area contributed by atoms with E-state index in [1.165, 1.54) is 0 Å². The highest BCUT2D eigenvalue weighted by atomic mass is 32.2. The molecule has 2 N–H and O–H groups in total. The Morgan fingerprint density at radius 3 is 2.82 bits per heavy atom. The first-order chi connectivity index (χ1) is 7.87. The van der Waals surface area contributed by atoms with Crippen LogP contribution in [-0.2, 0) is 24.3 Å². The third-order valence-electron chi connectivity index (χ3n) is 1.68. The Hall–Kier alpha value is -1.55. The first kappa shape index (κ1) is 13.5. The average Bonchev–Trinajstić information content (AvgIpc) is 2.59. The number of hydrogen-bond acceptors (Lipinski definition) is 7. The zero-order chi connectivity index (χ0) is 12.9. The third-order valence-corrected chi connectivity index (χ3v) is 2.40. The van der Waals surface area contributed by atoms with E-state index in [1.807, 2.05) is 0 Å². The maximum absolute atomic E-state index is 11.0. The summed E-state index contributed by atoms with van der Waals surface area (Å²) in [6.07, 6.45) is -2.36. The number of carbonyl (C=O) groups is 2. The molecule has 1 rings (SSSR count). The minimum Gasteiger partial charge on any atom is -0.445 e. The van der Waals surface area contributed by atoms with Crippen molar-refractivity contribution in [2.24, 2.45) is 0 Å². The van der Waals surface area contributed by atoms with Crippen molar-refractivity contribution in [3.05, 3.63) is 0 Å². The standard InChI is InChI=1S/C7H11NO8S/c9-6(8-1-2-17(11,12)13)14-3-5-4-15-7(10)16-5/h5H,1-4H2,(H,8,9)(H,11,12,13). The first-order valence-corrected chi connectivity index (χ1v) is 6.17. The molecule has 0 aliphatic carbocycles. The van der Waals surface area contributed by atoms with Gasteiger partial charge in [-0.2, -0.15) is 8.42 Å². The van der Waals surface area contributed by atoms with Crippen LogP contribution in [0.3, 0.4) is 0 Å². The maximum atomic E-state index is 11.0. The van der Waals surface area contributed by atoms with Crippen LogP contribution in [0.1, 0.15) is 0 Å². The molecule has 0 aromatic heterocycles. The van der Waals surface area contributed by atoms with Crippen LogP contribution in [0.2, 0.25) is 0 Å². The van der Waals surface area contributed by atoms with Gasteiger partial charge in [0.25, 0.3) is 10.1 Å². The summed E-state index contributed by atoms with van der Waals surface area (Å²) in [6, 6.07) is 0. The summed E-state index contributed by atoms with van der Waals surface area (Å²) in [5.74, 6) is -0.608. The molecule has 1 atom stereocenters. The van der Waals surface area contributed by atoms with E-state index in [9.17, 15) is 18.0 Å². The van der Waals surface area contributed by atoms with E-state index in [2.05, 4.69) is 19.5 Å². The molecular formula is C7H11NO8S. The smallest absolute Gasteiger partial charge is 0.445 e. The zero-order valence-electron chi connectivity index (χ0n) is 8.62. The lowest BCUT2D eigenvalue weighted by Gasteiger charge is -2.08. The van der Waals surface area contributed by atoms with Crippen molar-refractivity contribution in [2.45, 2.75) is 6.10 Å². The number of amides is 1. The first-order valence-electron chi connectivity index (χ1n) is 4.56. The molecule has 0 radical (unpaired) electrons. The lowest BCUT2D eigenvalue weighted by Crippen LogP contribution is -2.32. The number of alkyl carbamates (subject to hydrolysis) is 1. The predicted molar refractivity (Wildman–Crippen MR) is 52.0 cm³/mol. The van der Waals surface area contributed by atoms with Crippen LogP contribution in [0, 0.1) is 0 Å². The third kappa shape index (κ3) is 5.92. The second-order valence-electron chi connectivity index (χ2n) is 3.11. The van der Waals surface area contributed by atoms with Crippen molar-refractivity contribution in [3.8, 4) is 0 Å². The highest BCUT2D eigenvalue weighted by Gasteiger charge is 2.26. The van der Waals surface area contributed by atoms with Crippen molar-refractivity contribution in [1.29, 1.82) is 0 Å². The van der Waals surface area contributed by atoms with Gasteiger partial charge in [0.1, 0.15) is 13.2 Å². The topological polar surface area (TPSA) is 128 Å². The summed E-state index contributed by atoms with van der Waals surface area (Å²) in [7, 11) is -4.12. The number of cyclic esters (lactones) is 2. The largest absolute Gasteiger partial charge is 0.508 e. The summed E-state index contributed by atoms with van der Waals surface area (Å²) in [5, 5.41) is 2.09. The molecule has 1 unspecified atom stereocenters. The van der Waals surface area contributed by atoms with Gasteiger partial charge in [-0.25, -0.2) is 9.59 Å². The molecule has 0 aromatic carbocycles. The number of carbonyl (C=O) groups excluding carboxylic acids is 2. The van der Waals surface area contributed by atoms with Crippen molar-refractivity contribution >= 4 is 22.4 Å². The molecule has 1 heterocycles. The normalized spacial score (nSPS) is 19.4. The van der Waals surface area contributed by atoms with Gasteiger partial charge in [-0.15, -0.1) is 0 Å². The quantitative estimate of drug-likeness (QED) is 0.487. The van der Waals surface area contributed by atoms with Crippen molar-refractivity contribution in [3.63, 3.8) is 0 Å². The minimum absolute atomic E-state index is 0.00284. The molecular weight excluding hydrogens is 258 g/mol. The van der Waals surface area contributed by atoms with Gasteiger partial charge in [-0.1, -0.05) is 0 Å². The molecule has 1 aliphatic rings. The Bertz CT molecular complexity index is 391. The Balaban J connectivity index is 2.11. The summed E-state index contributed by atoms with van der Waals surface area (Å²) in [6.45, 7) is -0.473. The van der Waals surface area contributed by atoms with Gasteiger partial charge in [-0.3, -0.25) is 4.55 Å². The molecule has 0 aromatic rings. The molecule has 98 valence electrons. The van der Waals surface area contributed by atoms with Crippen molar-refractivity contribution < 1.29 is 36.8 Å². The highest BCUT2D eigenvalue weighted by Crippen LogP contribution is 2.05. The Morgan fingerprint density at radius 2 is 2.29 bits per heavy atom. The summed E-state index contributed by atoms with van der Waals surface area (Å²) < 4.78 is 42.6. The molecule has 1 fully saturated rings. The molecule has 1 amide bonds. The second kappa shape index (κ2) is 5.68. The van der Waals surface area contributed by atoms with Gasteiger partial charge >= 0.3 is 12.2 Å². The maximum Gasteiger partial charge on any atom is 0.508 e. The number of nitrogens with one attached hydrogen (secondary N) is 1. The van der Waals surface area contributed by atoms with E-state index in [1.54, 1.807) is 0 Å². The van der Waals surface area contributed by atoms with Crippen LogP contribution in [0.15, 0.2) is 0 Å². The van der Waals surface area contributed by atoms with Crippen molar-refractivity contribution in [2.75, 3.05) is 25.5 Å². The Kier molecular flexibility index (Phi) is 4.52. The van der Waals surface area contributed by atoms with Crippen molar-refractivity contribution in [1.82, 2.24) is 5.32 Å². The predicted octanol–water partition coefficient (Wildman–Crippen LogP) is -0.864. The number of rotatable bonds is 5. The lowest BCUT2D eigenvalue weighted by molar-refractivity contribution is 0.0729. The SMILES string of the molecule is O=C(NCCS(=O)(=O)O)OCC1COC(=O)O1. The van der Waals surface area contributed by atoms with E-state index in [0.717, 1.165) is 0 Å². The molecule has 1 saturated heterocycles. The molecule has 10 heteroatoms. The Morgan fingerprint density at radius 1 is 1.59 bits per heavy atom. The molecule has 0 spiro atoms. The van der Waals surface area contributed by atoms with Gasteiger partial charge in [0.05, 0.1) is 5.75 Å². The van der Waals surface area contributed by atoms with Crippen LogP contribution in [0.25, 0.3) is 0 Å². The van der Waals surface area contributed by atoms with E-state index < -0.39 is 34.2 Å². The van der Waals surface area contributed by atoms with E-state index >= 15 is 0 Å².